The summed E-state index contributed by atoms with van der Waals surface area (Å²) >= 11 is 0. The molecule has 4 atom stereocenters. The Hall–Kier alpha value is -3.24. The van der Waals surface area contributed by atoms with E-state index >= 15 is 0 Å². The molecular formula is C23H24F3N5O3. The van der Waals surface area contributed by atoms with Gasteiger partial charge in [-0.3, -0.25) is 9.58 Å². The lowest BCUT2D eigenvalue weighted by Crippen LogP contribution is -2.49. The number of ether oxygens (including phenoxy) is 1. The van der Waals surface area contributed by atoms with Crippen molar-refractivity contribution in [3.05, 3.63) is 41.5 Å². The van der Waals surface area contributed by atoms with Gasteiger partial charge in [0.15, 0.2) is 17.5 Å². The standard InChI is InChI=1S/C23H24F3N5O3/c24-13-8-12(9-14(25)21(13)26)28-22(32)29-11-19-18(10-27-31(19)16-6-3-5-15(16)29)30-17-4-1-2-7-20(17)34-23(30)33/h8-10,15-17,20H,1-7,11H2,(H,28,32)/t15-,16+,17-,20-/m0/s1. The number of halogens is 3. The highest BCUT2D eigenvalue weighted by atomic mass is 19.2. The Labute approximate surface area is 193 Å². The lowest BCUT2D eigenvalue weighted by Gasteiger charge is -2.39. The molecule has 2 aromatic rings. The van der Waals surface area contributed by atoms with Crippen LogP contribution in [0.3, 0.4) is 0 Å². The minimum absolute atomic E-state index is 0.0520. The zero-order valence-electron chi connectivity index (χ0n) is 18.3. The summed E-state index contributed by atoms with van der Waals surface area (Å²) in [5.41, 5.74) is 1.21. The van der Waals surface area contributed by atoms with Crippen LogP contribution in [0.4, 0.5) is 34.1 Å². The van der Waals surface area contributed by atoms with E-state index in [0.717, 1.165) is 62.8 Å². The molecule has 3 heterocycles. The van der Waals surface area contributed by atoms with E-state index in [1.54, 1.807) is 16.0 Å². The monoisotopic (exact) mass is 475 g/mol. The number of benzene rings is 1. The molecule has 1 saturated heterocycles. The predicted molar refractivity (Wildman–Crippen MR) is 115 cm³/mol. The average molecular weight is 475 g/mol. The first-order valence-corrected chi connectivity index (χ1v) is 11.7. The largest absolute Gasteiger partial charge is 0.444 e. The van der Waals surface area contributed by atoms with Gasteiger partial charge in [0.05, 0.1) is 42.2 Å². The van der Waals surface area contributed by atoms with Crippen molar-refractivity contribution in [3.8, 4) is 0 Å². The third-order valence-electron chi connectivity index (χ3n) is 7.56. The van der Waals surface area contributed by atoms with Gasteiger partial charge in [-0.1, -0.05) is 6.42 Å². The Kier molecular flexibility index (Phi) is 4.96. The summed E-state index contributed by atoms with van der Waals surface area (Å²) in [7, 11) is 0. The molecule has 3 amide bonds. The number of nitrogens with one attached hydrogen (secondary N) is 1. The van der Waals surface area contributed by atoms with Crippen LogP contribution in [0.15, 0.2) is 18.3 Å². The summed E-state index contributed by atoms with van der Waals surface area (Å²) in [6.45, 7) is 0.176. The molecule has 1 aromatic heterocycles. The number of nitrogens with zero attached hydrogens (tertiary/aromatic N) is 4. The predicted octanol–water partition coefficient (Wildman–Crippen LogP) is 4.71. The molecule has 4 aliphatic rings. The molecule has 1 N–H and O–H groups in total. The first kappa shape index (κ1) is 21.3. The Morgan fingerprint density at radius 2 is 1.71 bits per heavy atom. The van der Waals surface area contributed by atoms with Gasteiger partial charge < -0.3 is 15.0 Å². The van der Waals surface area contributed by atoms with E-state index in [9.17, 15) is 22.8 Å². The van der Waals surface area contributed by atoms with Crippen molar-refractivity contribution >= 4 is 23.5 Å². The van der Waals surface area contributed by atoms with E-state index in [0.29, 0.717) is 5.69 Å². The second-order valence-corrected chi connectivity index (χ2v) is 9.44. The number of carbonyl (C=O) groups is 2. The fourth-order valence-electron chi connectivity index (χ4n) is 6.02. The van der Waals surface area contributed by atoms with Gasteiger partial charge in [-0.05, 0) is 38.5 Å². The van der Waals surface area contributed by atoms with Gasteiger partial charge in [-0.25, -0.2) is 22.8 Å². The lowest BCUT2D eigenvalue weighted by atomic mass is 9.92. The van der Waals surface area contributed by atoms with Crippen LogP contribution < -0.4 is 10.2 Å². The number of urea groups is 1. The molecule has 6 rings (SSSR count). The van der Waals surface area contributed by atoms with Crippen molar-refractivity contribution < 1.29 is 27.5 Å². The quantitative estimate of drug-likeness (QED) is 0.638. The van der Waals surface area contributed by atoms with Crippen molar-refractivity contribution in [2.75, 3.05) is 10.2 Å². The summed E-state index contributed by atoms with van der Waals surface area (Å²) in [4.78, 5) is 29.3. The number of aromatic nitrogens is 2. The van der Waals surface area contributed by atoms with Crippen LogP contribution in [0.5, 0.6) is 0 Å². The number of hydrogen-bond donors (Lipinski definition) is 1. The van der Waals surface area contributed by atoms with Gasteiger partial charge in [0, 0.05) is 17.8 Å². The van der Waals surface area contributed by atoms with Crippen LogP contribution in [0.25, 0.3) is 0 Å². The van der Waals surface area contributed by atoms with E-state index in [-0.39, 0.29) is 36.5 Å². The Morgan fingerprint density at radius 1 is 1.00 bits per heavy atom. The molecule has 180 valence electrons. The summed E-state index contributed by atoms with van der Waals surface area (Å²) < 4.78 is 48.2. The average Bonchev–Trinajstić information content (AvgIpc) is 3.52. The zero-order valence-corrected chi connectivity index (χ0v) is 18.3. The van der Waals surface area contributed by atoms with E-state index < -0.39 is 29.6 Å². The normalized spacial score (nSPS) is 27.8. The first-order valence-electron chi connectivity index (χ1n) is 11.7. The van der Waals surface area contributed by atoms with Crippen LogP contribution in [-0.2, 0) is 11.3 Å². The van der Waals surface area contributed by atoms with Crippen molar-refractivity contribution in [2.24, 2.45) is 0 Å². The number of rotatable bonds is 2. The number of hydrogen-bond acceptors (Lipinski definition) is 4. The van der Waals surface area contributed by atoms with Crippen molar-refractivity contribution in [1.29, 1.82) is 0 Å². The van der Waals surface area contributed by atoms with Crippen molar-refractivity contribution in [3.63, 3.8) is 0 Å². The van der Waals surface area contributed by atoms with E-state index in [4.69, 9.17) is 4.74 Å². The summed E-state index contributed by atoms with van der Waals surface area (Å²) in [6, 6.07) is 0.704. The molecule has 0 radical (unpaired) electrons. The van der Waals surface area contributed by atoms with Crippen LogP contribution in [0, 0.1) is 17.5 Å². The zero-order chi connectivity index (χ0) is 23.6. The molecule has 0 unspecified atom stereocenters. The van der Waals surface area contributed by atoms with Gasteiger partial charge in [-0.15, -0.1) is 0 Å². The number of amides is 3. The molecule has 2 saturated carbocycles. The number of carbonyl (C=O) groups excluding carboxylic acids is 2. The smallest absolute Gasteiger partial charge is 0.415 e. The van der Waals surface area contributed by atoms with Crippen LogP contribution >= 0.6 is 0 Å². The highest BCUT2D eigenvalue weighted by Crippen LogP contribution is 2.44. The molecule has 0 bridgehead atoms. The van der Waals surface area contributed by atoms with Crippen LogP contribution in [0.1, 0.15) is 56.7 Å². The Balaban J connectivity index is 1.31. The number of fused-ring (bicyclic) bond motifs is 4. The SMILES string of the molecule is O=C(Nc1cc(F)c(F)c(F)c1)N1Cc2c(N3C(=O)O[C@H]4CCCC[C@@H]43)cnn2[C@@H]2CCC[C@@H]21. The molecule has 11 heteroatoms. The Bertz CT molecular complexity index is 1150. The lowest BCUT2D eigenvalue weighted by molar-refractivity contribution is 0.113. The molecule has 2 aliphatic heterocycles. The van der Waals surface area contributed by atoms with Gasteiger partial charge in [0.25, 0.3) is 0 Å². The summed E-state index contributed by atoms with van der Waals surface area (Å²) in [5, 5.41) is 7.10. The molecule has 8 nitrogen and oxygen atoms in total. The minimum Gasteiger partial charge on any atom is -0.444 e. The molecule has 34 heavy (non-hydrogen) atoms. The molecule has 1 aromatic carbocycles. The summed E-state index contributed by atoms with van der Waals surface area (Å²) in [6.07, 6.45) is 7.34. The molecule has 0 spiro atoms. The van der Waals surface area contributed by atoms with E-state index in [1.165, 1.54) is 0 Å². The maximum absolute atomic E-state index is 13.7. The molecule has 3 fully saturated rings. The van der Waals surface area contributed by atoms with Gasteiger partial charge >= 0.3 is 12.1 Å². The summed E-state index contributed by atoms with van der Waals surface area (Å²) in [5.74, 6) is -4.33. The maximum atomic E-state index is 13.7. The second kappa shape index (κ2) is 7.92. The van der Waals surface area contributed by atoms with E-state index in [1.807, 2.05) is 4.68 Å². The molecule has 2 aliphatic carbocycles. The van der Waals surface area contributed by atoms with Gasteiger partial charge in [0.2, 0.25) is 0 Å². The fourth-order valence-corrected chi connectivity index (χ4v) is 6.02. The van der Waals surface area contributed by atoms with Gasteiger partial charge in [0.1, 0.15) is 6.10 Å². The highest BCUT2D eigenvalue weighted by Gasteiger charge is 2.48. The number of anilines is 2. The van der Waals surface area contributed by atoms with Crippen molar-refractivity contribution in [1.82, 2.24) is 14.7 Å². The third-order valence-corrected chi connectivity index (χ3v) is 7.56. The first-order chi connectivity index (χ1) is 16.4. The minimum atomic E-state index is -1.58. The molecular weight excluding hydrogens is 451 g/mol. The second-order valence-electron chi connectivity index (χ2n) is 9.44. The maximum Gasteiger partial charge on any atom is 0.415 e. The van der Waals surface area contributed by atoms with Crippen molar-refractivity contribution in [2.45, 2.75) is 75.7 Å². The fraction of sp³-hybridized carbons (Fsp3) is 0.522. The Morgan fingerprint density at radius 3 is 2.50 bits per heavy atom. The van der Waals surface area contributed by atoms with Crippen LogP contribution in [-0.4, -0.2) is 45.0 Å². The topological polar surface area (TPSA) is 79.7 Å². The van der Waals surface area contributed by atoms with Crippen LogP contribution in [0.2, 0.25) is 0 Å². The van der Waals surface area contributed by atoms with Gasteiger partial charge in [-0.2, -0.15) is 5.10 Å². The van der Waals surface area contributed by atoms with E-state index in [2.05, 4.69) is 10.4 Å². The highest BCUT2D eigenvalue weighted by molar-refractivity contribution is 5.92. The third kappa shape index (κ3) is 3.24.